The molecule has 1 atom stereocenters. The smallest absolute Gasteiger partial charge is 0.256 e. The second-order valence-corrected chi connectivity index (χ2v) is 6.59. The SMILES string of the molecule is Nc1cc(Br)ccc1C(=O)N1CCCC1C(=O)NC1CC1. The lowest BCUT2D eigenvalue weighted by atomic mass is 10.1. The van der Waals surface area contributed by atoms with E-state index >= 15 is 0 Å². The van der Waals surface area contributed by atoms with Crippen LogP contribution in [0, 0.1) is 0 Å². The molecule has 112 valence electrons. The number of amides is 2. The number of carbonyl (C=O) groups is 2. The van der Waals surface area contributed by atoms with Gasteiger partial charge in [-0.1, -0.05) is 15.9 Å². The molecule has 21 heavy (non-hydrogen) atoms. The van der Waals surface area contributed by atoms with Gasteiger partial charge in [0.05, 0.1) is 5.56 Å². The number of rotatable bonds is 3. The molecule has 1 aromatic rings. The number of benzene rings is 1. The van der Waals surface area contributed by atoms with Crippen molar-refractivity contribution in [2.24, 2.45) is 0 Å². The summed E-state index contributed by atoms with van der Waals surface area (Å²) in [5, 5.41) is 2.98. The fraction of sp³-hybridized carbons (Fsp3) is 0.467. The molecule has 2 amide bonds. The van der Waals surface area contributed by atoms with Crippen LogP contribution in [0.15, 0.2) is 22.7 Å². The van der Waals surface area contributed by atoms with E-state index in [0.717, 1.165) is 30.2 Å². The van der Waals surface area contributed by atoms with Gasteiger partial charge in [-0.2, -0.15) is 0 Å². The largest absolute Gasteiger partial charge is 0.398 e. The molecule has 1 saturated heterocycles. The quantitative estimate of drug-likeness (QED) is 0.816. The van der Waals surface area contributed by atoms with Gasteiger partial charge in [-0.25, -0.2) is 0 Å². The monoisotopic (exact) mass is 351 g/mol. The lowest BCUT2D eigenvalue weighted by molar-refractivity contribution is -0.125. The standard InChI is InChI=1S/C15H18BrN3O2/c16-9-3-6-11(12(17)8-9)15(21)19-7-1-2-13(19)14(20)18-10-4-5-10/h3,6,8,10,13H,1-2,4-5,7,17H2,(H,18,20). The van der Waals surface area contributed by atoms with Gasteiger partial charge in [0, 0.05) is 22.7 Å². The minimum Gasteiger partial charge on any atom is -0.398 e. The van der Waals surface area contributed by atoms with Gasteiger partial charge in [0.1, 0.15) is 6.04 Å². The summed E-state index contributed by atoms with van der Waals surface area (Å²) >= 11 is 3.33. The lowest BCUT2D eigenvalue weighted by Gasteiger charge is -2.24. The van der Waals surface area contributed by atoms with Crippen molar-refractivity contribution in [3.63, 3.8) is 0 Å². The minimum absolute atomic E-state index is 0.0287. The first kappa shape index (κ1) is 14.4. The van der Waals surface area contributed by atoms with Crippen LogP contribution in [-0.2, 0) is 4.79 Å². The van der Waals surface area contributed by atoms with Crippen molar-refractivity contribution in [2.75, 3.05) is 12.3 Å². The number of hydrogen-bond donors (Lipinski definition) is 2. The van der Waals surface area contributed by atoms with Gasteiger partial charge in [-0.05, 0) is 43.9 Å². The highest BCUT2D eigenvalue weighted by molar-refractivity contribution is 9.10. The van der Waals surface area contributed by atoms with E-state index in [4.69, 9.17) is 5.73 Å². The summed E-state index contributed by atoms with van der Waals surface area (Å²) in [6, 6.07) is 5.16. The van der Waals surface area contributed by atoms with Crippen molar-refractivity contribution in [2.45, 2.75) is 37.8 Å². The van der Waals surface area contributed by atoms with E-state index < -0.39 is 0 Å². The highest BCUT2D eigenvalue weighted by Gasteiger charge is 2.37. The maximum Gasteiger partial charge on any atom is 0.256 e. The predicted molar refractivity (Wildman–Crippen MR) is 83.8 cm³/mol. The molecule has 1 aliphatic heterocycles. The summed E-state index contributed by atoms with van der Waals surface area (Å²) in [6.45, 7) is 0.608. The Kier molecular flexibility index (Phi) is 3.89. The summed E-state index contributed by atoms with van der Waals surface area (Å²) in [5.74, 6) is -0.188. The van der Waals surface area contributed by atoms with Crippen LogP contribution in [0.3, 0.4) is 0 Å². The Balaban J connectivity index is 1.77. The van der Waals surface area contributed by atoms with Crippen molar-refractivity contribution in [3.05, 3.63) is 28.2 Å². The fourth-order valence-corrected chi connectivity index (χ4v) is 3.07. The van der Waals surface area contributed by atoms with Crippen molar-refractivity contribution < 1.29 is 9.59 Å². The highest BCUT2D eigenvalue weighted by Crippen LogP contribution is 2.26. The predicted octanol–water partition coefficient (Wildman–Crippen LogP) is 1.91. The number of nitrogens with one attached hydrogen (secondary N) is 1. The average molecular weight is 352 g/mol. The van der Waals surface area contributed by atoms with Crippen molar-refractivity contribution in [1.82, 2.24) is 10.2 Å². The second-order valence-electron chi connectivity index (χ2n) is 5.67. The third kappa shape index (κ3) is 3.05. The van der Waals surface area contributed by atoms with E-state index in [-0.39, 0.29) is 17.9 Å². The molecule has 1 aromatic carbocycles. The molecule has 0 radical (unpaired) electrons. The van der Waals surface area contributed by atoms with Gasteiger partial charge in [0.2, 0.25) is 5.91 Å². The Morgan fingerprint density at radius 1 is 1.29 bits per heavy atom. The van der Waals surface area contributed by atoms with E-state index in [9.17, 15) is 9.59 Å². The molecule has 0 bridgehead atoms. The molecule has 3 rings (SSSR count). The van der Waals surface area contributed by atoms with Gasteiger partial charge in [0.25, 0.3) is 5.91 Å². The molecule has 3 N–H and O–H groups in total. The Morgan fingerprint density at radius 2 is 2.05 bits per heavy atom. The van der Waals surface area contributed by atoms with Crippen LogP contribution in [0.5, 0.6) is 0 Å². The summed E-state index contributed by atoms with van der Waals surface area (Å²) in [5.41, 5.74) is 6.82. The van der Waals surface area contributed by atoms with Crippen LogP contribution in [0.2, 0.25) is 0 Å². The molecular weight excluding hydrogens is 334 g/mol. The zero-order valence-corrected chi connectivity index (χ0v) is 13.2. The van der Waals surface area contributed by atoms with E-state index in [1.54, 1.807) is 23.1 Å². The second kappa shape index (κ2) is 5.67. The van der Waals surface area contributed by atoms with Crippen LogP contribution in [0.1, 0.15) is 36.0 Å². The molecule has 6 heteroatoms. The lowest BCUT2D eigenvalue weighted by Crippen LogP contribution is -2.46. The molecule has 0 aromatic heterocycles. The van der Waals surface area contributed by atoms with Gasteiger partial charge >= 0.3 is 0 Å². The summed E-state index contributed by atoms with van der Waals surface area (Å²) in [7, 11) is 0. The van der Waals surface area contributed by atoms with Gasteiger partial charge in [-0.15, -0.1) is 0 Å². The van der Waals surface area contributed by atoms with E-state index in [2.05, 4.69) is 21.2 Å². The zero-order chi connectivity index (χ0) is 15.0. The van der Waals surface area contributed by atoms with E-state index in [1.807, 2.05) is 0 Å². The Hall–Kier alpha value is -1.56. The maximum absolute atomic E-state index is 12.6. The third-order valence-electron chi connectivity index (χ3n) is 3.98. The fourth-order valence-electron chi connectivity index (χ4n) is 2.69. The number of hydrogen-bond acceptors (Lipinski definition) is 3. The summed E-state index contributed by atoms with van der Waals surface area (Å²) < 4.78 is 0.834. The Labute approximate surface area is 132 Å². The van der Waals surface area contributed by atoms with Crippen molar-refractivity contribution >= 4 is 33.4 Å². The normalized spacial score (nSPS) is 21.4. The van der Waals surface area contributed by atoms with E-state index in [1.165, 1.54) is 0 Å². The molecule has 2 aliphatic rings. The van der Waals surface area contributed by atoms with Crippen LogP contribution in [0.4, 0.5) is 5.69 Å². The molecule has 1 unspecified atom stereocenters. The highest BCUT2D eigenvalue weighted by atomic mass is 79.9. The van der Waals surface area contributed by atoms with E-state index in [0.29, 0.717) is 23.8 Å². The van der Waals surface area contributed by atoms with Crippen molar-refractivity contribution in [1.29, 1.82) is 0 Å². The number of halogens is 1. The maximum atomic E-state index is 12.6. The zero-order valence-electron chi connectivity index (χ0n) is 11.6. The first-order valence-corrected chi connectivity index (χ1v) is 8.02. The molecule has 1 heterocycles. The Morgan fingerprint density at radius 3 is 2.71 bits per heavy atom. The number of nitrogen functional groups attached to an aromatic ring is 1. The number of nitrogens with zero attached hydrogens (tertiary/aromatic N) is 1. The molecule has 1 saturated carbocycles. The molecule has 5 nitrogen and oxygen atoms in total. The number of anilines is 1. The Bertz CT molecular complexity index is 586. The molecule has 2 fully saturated rings. The first-order valence-electron chi connectivity index (χ1n) is 7.22. The summed E-state index contributed by atoms with van der Waals surface area (Å²) in [4.78, 5) is 26.5. The first-order chi connectivity index (χ1) is 10.1. The molecular formula is C15H18BrN3O2. The van der Waals surface area contributed by atoms with Gasteiger partial charge < -0.3 is 16.0 Å². The topological polar surface area (TPSA) is 75.4 Å². The van der Waals surface area contributed by atoms with Crippen LogP contribution in [0.25, 0.3) is 0 Å². The average Bonchev–Trinajstić information content (AvgIpc) is 3.11. The molecule has 1 aliphatic carbocycles. The van der Waals surface area contributed by atoms with Crippen LogP contribution in [-0.4, -0.2) is 35.3 Å². The molecule has 0 spiro atoms. The van der Waals surface area contributed by atoms with Gasteiger partial charge in [0.15, 0.2) is 0 Å². The summed E-state index contributed by atoms with van der Waals surface area (Å²) in [6.07, 6.45) is 3.67. The number of carbonyl (C=O) groups excluding carboxylic acids is 2. The van der Waals surface area contributed by atoms with Crippen molar-refractivity contribution in [3.8, 4) is 0 Å². The van der Waals surface area contributed by atoms with Crippen LogP contribution < -0.4 is 11.1 Å². The number of nitrogens with two attached hydrogens (primary N) is 1. The van der Waals surface area contributed by atoms with Gasteiger partial charge in [-0.3, -0.25) is 9.59 Å². The van der Waals surface area contributed by atoms with Crippen LogP contribution >= 0.6 is 15.9 Å². The number of likely N-dealkylation sites (tertiary alicyclic amines) is 1. The minimum atomic E-state index is -0.360. The third-order valence-corrected chi connectivity index (χ3v) is 4.48.